The van der Waals surface area contributed by atoms with Crippen LogP contribution >= 0.6 is 0 Å². The molecule has 0 spiro atoms. The van der Waals surface area contributed by atoms with E-state index in [0.29, 0.717) is 0 Å². The van der Waals surface area contributed by atoms with Gasteiger partial charge in [-0.15, -0.1) is 0 Å². The smallest absolute Gasteiger partial charge is 0.163 e. The lowest BCUT2D eigenvalue weighted by Crippen LogP contribution is -1.91. The van der Waals surface area contributed by atoms with E-state index in [4.69, 9.17) is 13.8 Å². The van der Waals surface area contributed by atoms with Gasteiger partial charge in [-0.25, -0.2) is 4.98 Å². The van der Waals surface area contributed by atoms with Gasteiger partial charge in [-0.05, 0) is 42.5 Å². The van der Waals surface area contributed by atoms with Gasteiger partial charge in [0.25, 0.3) is 0 Å². The Morgan fingerprint density at radius 1 is 0.531 bits per heavy atom. The van der Waals surface area contributed by atoms with Crippen LogP contribution in [0, 0.1) is 0 Å². The Balaban J connectivity index is 1.45. The van der Waals surface area contributed by atoms with Crippen LogP contribution in [-0.2, 0) is 0 Å². The fraction of sp³-hybridized carbons (Fsp3) is 0. The molecule has 0 atom stereocenters. The monoisotopic (exact) mass is 413 g/mol. The van der Waals surface area contributed by atoms with Crippen LogP contribution in [0.15, 0.2) is 100 Å². The number of furan rings is 2. The van der Waals surface area contributed by atoms with Crippen LogP contribution in [0.4, 0.5) is 0 Å². The topological polar surface area (TPSA) is 65.0 Å². The molecule has 5 nitrogen and oxygen atoms in total. The first-order valence-corrected chi connectivity index (χ1v) is 10.4. The van der Waals surface area contributed by atoms with Crippen LogP contribution in [0.25, 0.3) is 66.7 Å². The van der Waals surface area contributed by atoms with E-state index in [-0.39, 0.29) is 0 Å². The molecule has 5 heterocycles. The number of hydrogen-bond acceptors (Lipinski definition) is 5. The standard InChI is InChI=1S/C27H15N3O2/c1-3-10-22-16(6-1)17-12-14-29-25(26(17)31-22)21-9-5-8-20(30-21)18-13-15-28-24-19-7-2-4-11-23(19)32-27(18)24/h1-15H. The van der Waals surface area contributed by atoms with Crippen molar-refractivity contribution < 1.29 is 8.83 Å². The predicted octanol–water partition coefficient (Wildman–Crippen LogP) is 7.00. The minimum absolute atomic E-state index is 0.718. The summed E-state index contributed by atoms with van der Waals surface area (Å²) in [5.41, 5.74) is 7.11. The molecule has 7 rings (SSSR count). The number of rotatable bonds is 2. The highest BCUT2D eigenvalue weighted by Crippen LogP contribution is 2.36. The van der Waals surface area contributed by atoms with Crippen LogP contribution in [0.2, 0.25) is 0 Å². The van der Waals surface area contributed by atoms with E-state index in [9.17, 15) is 0 Å². The third kappa shape index (κ3) is 2.42. The zero-order chi connectivity index (χ0) is 21.1. The van der Waals surface area contributed by atoms with Crippen molar-refractivity contribution in [2.24, 2.45) is 0 Å². The molecule has 0 radical (unpaired) electrons. The Bertz CT molecular complexity index is 1670. The maximum absolute atomic E-state index is 6.16. The zero-order valence-corrected chi connectivity index (χ0v) is 16.8. The highest BCUT2D eigenvalue weighted by atomic mass is 16.3. The highest BCUT2D eigenvalue weighted by molar-refractivity contribution is 6.09. The van der Waals surface area contributed by atoms with E-state index in [2.05, 4.69) is 16.0 Å². The normalized spacial score (nSPS) is 11.8. The fourth-order valence-electron chi connectivity index (χ4n) is 4.36. The van der Waals surface area contributed by atoms with Gasteiger partial charge >= 0.3 is 0 Å². The van der Waals surface area contributed by atoms with Crippen molar-refractivity contribution >= 4 is 44.0 Å². The third-order valence-electron chi connectivity index (χ3n) is 5.82. The van der Waals surface area contributed by atoms with Crippen LogP contribution in [0.1, 0.15) is 0 Å². The Morgan fingerprint density at radius 3 is 2.16 bits per heavy atom. The summed E-state index contributed by atoms with van der Waals surface area (Å²) in [5, 5.41) is 3.09. The van der Waals surface area contributed by atoms with Crippen LogP contribution < -0.4 is 0 Å². The average Bonchev–Trinajstić information content (AvgIpc) is 3.42. The SMILES string of the molecule is c1cc(-c2nccc3c2oc2ccccc23)nc(-c2ccnc3c2oc2ccccc23)c1. The van der Waals surface area contributed by atoms with Gasteiger partial charge in [0.15, 0.2) is 11.2 Å². The Hall–Kier alpha value is -4.51. The van der Waals surface area contributed by atoms with Crippen molar-refractivity contribution in [3.05, 3.63) is 91.3 Å². The maximum Gasteiger partial charge on any atom is 0.163 e. The Labute approximate surface area is 182 Å². The van der Waals surface area contributed by atoms with Crippen LogP contribution in [-0.4, -0.2) is 15.0 Å². The molecule has 0 aliphatic heterocycles. The lowest BCUT2D eigenvalue weighted by atomic mass is 10.1. The molecule has 0 bridgehead atoms. The first-order chi connectivity index (χ1) is 15.9. The number of pyridine rings is 3. The molecule has 7 aromatic rings. The quantitative estimate of drug-likeness (QED) is 0.305. The van der Waals surface area contributed by atoms with Crippen molar-refractivity contribution in [1.82, 2.24) is 15.0 Å². The second-order valence-corrected chi connectivity index (χ2v) is 7.68. The maximum atomic E-state index is 6.16. The zero-order valence-electron chi connectivity index (χ0n) is 16.8. The number of benzene rings is 2. The molecule has 0 unspecified atom stereocenters. The van der Waals surface area contributed by atoms with Crippen molar-refractivity contribution in [3.8, 4) is 22.6 Å². The first kappa shape index (κ1) is 17.2. The van der Waals surface area contributed by atoms with E-state index in [1.54, 1.807) is 12.4 Å². The molecule has 5 heteroatoms. The average molecular weight is 413 g/mol. The molecule has 0 saturated heterocycles. The number of hydrogen-bond donors (Lipinski definition) is 0. The molecule has 0 aliphatic rings. The molecule has 0 amide bonds. The van der Waals surface area contributed by atoms with Gasteiger partial charge in [-0.2, -0.15) is 0 Å². The van der Waals surface area contributed by atoms with Crippen LogP contribution in [0.5, 0.6) is 0 Å². The molecule has 0 fully saturated rings. The molecule has 32 heavy (non-hydrogen) atoms. The largest absolute Gasteiger partial charge is 0.454 e. The minimum atomic E-state index is 0.718. The highest BCUT2D eigenvalue weighted by Gasteiger charge is 2.17. The molecular formula is C27H15N3O2. The predicted molar refractivity (Wildman–Crippen MR) is 125 cm³/mol. The number of fused-ring (bicyclic) bond motifs is 6. The minimum Gasteiger partial charge on any atom is -0.454 e. The van der Waals surface area contributed by atoms with E-state index < -0.39 is 0 Å². The van der Waals surface area contributed by atoms with Gasteiger partial charge < -0.3 is 8.83 Å². The van der Waals surface area contributed by atoms with Crippen molar-refractivity contribution in [1.29, 1.82) is 0 Å². The van der Waals surface area contributed by atoms with E-state index in [1.807, 2.05) is 72.8 Å². The van der Waals surface area contributed by atoms with Gasteiger partial charge in [-0.3, -0.25) is 9.97 Å². The van der Waals surface area contributed by atoms with Gasteiger partial charge in [0.05, 0.1) is 11.4 Å². The molecular weight excluding hydrogens is 398 g/mol. The van der Waals surface area contributed by atoms with Crippen molar-refractivity contribution in [2.75, 3.05) is 0 Å². The molecule has 0 saturated carbocycles. The Kier molecular flexibility index (Phi) is 3.49. The summed E-state index contributed by atoms with van der Waals surface area (Å²) < 4.78 is 12.3. The number of nitrogens with zero attached hydrogens (tertiary/aromatic N) is 3. The summed E-state index contributed by atoms with van der Waals surface area (Å²) in [6, 6.07) is 25.8. The van der Waals surface area contributed by atoms with E-state index in [0.717, 1.165) is 66.7 Å². The summed E-state index contributed by atoms with van der Waals surface area (Å²) in [6.07, 6.45) is 3.60. The fourth-order valence-corrected chi connectivity index (χ4v) is 4.36. The van der Waals surface area contributed by atoms with Crippen molar-refractivity contribution in [2.45, 2.75) is 0 Å². The lowest BCUT2D eigenvalue weighted by Gasteiger charge is -2.05. The first-order valence-electron chi connectivity index (χ1n) is 10.4. The van der Waals surface area contributed by atoms with Crippen molar-refractivity contribution in [3.63, 3.8) is 0 Å². The summed E-state index contributed by atoms with van der Waals surface area (Å²) >= 11 is 0. The van der Waals surface area contributed by atoms with Gasteiger partial charge in [-0.1, -0.05) is 36.4 Å². The molecule has 0 aliphatic carbocycles. The van der Waals surface area contributed by atoms with Gasteiger partial charge in [0, 0.05) is 34.1 Å². The van der Waals surface area contributed by atoms with Gasteiger partial charge in [0.1, 0.15) is 22.4 Å². The number of para-hydroxylation sites is 2. The second kappa shape index (κ2) is 6.49. The summed E-state index contributed by atoms with van der Waals surface area (Å²) in [4.78, 5) is 14.1. The third-order valence-corrected chi connectivity index (χ3v) is 5.82. The Morgan fingerprint density at radius 2 is 1.25 bits per heavy atom. The summed E-state index contributed by atoms with van der Waals surface area (Å²) in [5.74, 6) is 0. The molecule has 0 N–H and O–H groups in total. The summed E-state index contributed by atoms with van der Waals surface area (Å²) in [6.45, 7) is 0. The molecule has 150 valence electrons. The van der Waals surface area contributed by atoms with E-state index >= 15 is 0 Å². The lowest BCUT2D eigenvalue weighted by molar-refractivity contribution is 0.668. The van der Waals surface area contributed by atoms with E-state index in [1.165, 1.54) is 0 Å². The van der Waals surface area contributed by atoms with Crippen LogP contribution in [0.3, 0.4) is 0 Å². The summed E-state index contributed by atoms with van der Waals surface area (Å²) in [7, 11) is 0. The molecule has 5 aromatic heterocycles. The van der Waals surface area contributed by atoms with Gasteiger partial charge in [0.2, 0.25) is 0 Å². The number of aromatic nitrogens is 3. The second-order valence-electron chi connectivity index (χ2n) is 7.68. The molecule has 2 aromatic carbocycles.